The number of aromatic nitrogens is 3. The molecule has 5 nitrogen and oxygen atoms in total. The van der Waals surface area contributed by atoms with Gasteiger partial charge < -0.3 is 5.32 Å². The molecule has 2 aromatic carbocycles. The molecule has 0 spiro atoms. The second-order valence-electron chi connectivity index (χ2n) is 5.22. The zero-order valence-electron chi connectivity index (χ0n) is 12.8. The van der Waals surface area contributed by atoms with Crippen LogP contribution in [-0.2, 0) is 0 Å². The lowest BCUT2D eigenvalue weighted by atomic mass is 10.1. The van der Waals surface area contributed by atoms with Gasteiger partial charge >= 0.3 is 0 Å². The summed E-state index contributed by atoms with van der Waals surface area (Å²) in [6.07, 6.45) is 1.53. The van der Waals surface area contributed by atoms with Gasteiger partial charge in [0.2, 0.25) is 0 Å². The maximum Gasteiger partial charge on any atom is 0.273 e. The standard InChI is InChI=1S/C17H14BrFN4O/c1-11(12-6-2-4-8-14(12)19)20-17(24)15-10-23(22-21-15)16-9-5-3-7-13(16)18/h2-11H,1H3,(H,20,24)/t11-/m1/s1. The fraction of sp³-hybridized carbons (Fsp3) is 0.118. The van der Waals surface area contributed by atoms with E-state index < -0.39 is 11.9 Å². The highest BCUT2D eigenvalue weighted by molar-refractivity contribution is 9.10. The molecular formula is C17H14BrFN4O. The third-order valence-electron chi connectivity index (χ3n) is 3.54. The van der Waals surface area contributed by atoms with Crippen LogP contribution in [0.3, 0.4) is 0 Å². The molecule has 3 aromatic rings. The molecule has 0 saturated carbocycles. The molecule has 0 radical (unpaired) electrons. The summed E-state index contributed by atoms with van der Waals surface area (Å²) >= 11 is 3.43. The average molecular weight is 389 g/mol. The average Bonchev–Trinajstić information content (AvgIpc) is 3.05. The molecule has 1 aromatic heterocycles. The first kappa shape index (κ1) is 16.3. The van der Waals surface area contributed by atoms with Crippen molar-refractivity contribution in [2.75, 3.05) is 0 Å². The summed E-state index contributed by atoms with van der Waals surface area (Å²) in [5.74, 6) is -0.772. The van der Waals surface area contributed by atoms with E-state index in [2.05, 4.69) is 31.6 Å². The minimum absolute atomic E-state index is 0.161. The smallest absolute Gasteiger partial charge is 0.273 e. The summed E-state index contributed by atoms with van der Waals surface area (Å²) in [6, 6.07) is 13.3. The molecule has 24 heavy (non-hydrogen) atoms. The first-order valence-electron chi connectivity index (χ1n) is 7.29. The normalized spacial score (nSPS) is 12.0. The molecule has 1 amide bonds. The van der Waals surface area contributed by atoms with E-state index in [1.807, 2.05) is 24.3 Å². The van der Waals surface area contributed by atoms with Crippen molar-refractivity contribution in [3.63, 3.8) is 0 Å². The van der Waals surface area contributed by atoms with Gasteiger partial charge in [-0.1, -0.05) is 35.5 Å². The fourth-order valence-corrected chi connectivity index (χ4v) is 2.76. The summed E-state index contributed by atoms with van der Waals surface area (Å²) in [6.45, 7) is 1.72. The van der Waals surface area contributed by atoms with Crippen LogP contribution in [0.4, 0.5) is 4.39 Å². The van der Waals surface area contributed by atoms with E-state index in [0.717, 1.165) is 10.2 Å². The lowest BCUT2D eigenvalue weighted by Gasteiger charge is -2.13. The van der Waals surface area contributed by atoms with Crippen LogP contribution in [0, 0.1) is 5.82 Å². The Labute approximate surface area is 146 Å². The van der Waals surface area contributed by atoms with Gasteiger partial charge in [0.1, 0.15) is 5.82 Å². The van der Waals surface area contributed by atoms with Crippen LogP contribution in [0.2, 0.25) is 0 Å². The second kappa shape index (κ2) is 6.92. The molecule has 3 rings (SSSR count). The molecule has 0 unspecified atom stereocenters. The summed E-state index contributed by atoms with van der Waals surface area (Å²) in [5, 5.41) is 10.6. The highest BCUT2D eigenvalue weighted by Gasteiger charge is 2.17. The van der Waals surface area contributed by atoms with E-state index >= 15 is 0 Å². The lowest BCUT2D eigenvalue weighted by Crippen LogP contribution is -2.27. The monoisotopic (exact) mass is 388 g/mol. The van der Waals surface area contributed by atoms with Crippen molar-refractivity contribution >= 4 is 21.8 Å². The minimum atomic E-state index is -0.479. The summed E-state index contributed by atoms with van der Waals surface area (Å²) in [7, 11) is 0. The van der Waals surface area contributed by atoms with E-state index in [-0.39, 0.29) is 11.5 Å². The molecule has 7 heteroatoms. The van der Waals surface area contributed by atoms with Crippen LogP contribution in [0.5, 0.6) is 0 Å². The first-order chi connectivity index (χ1) is 11.6. The van der Waals surface area contributed by atoms with Gasteiger partial charge in [0.25, 0.3) is 5.91 Å². The van der Waals surface area contributed by atoms with Crippen molar-refractivity contribution in [3.05, 3.63) is 76.3 Å². The molecule has 0 saturated heterocycles. The highest BCUT2D eigenvalue weighted by Crippen LogP contribution is 2.20. The van der Waals surface area contributed by atoms with E-state index in [9.17, 15) is 9.18 Å². The van der Waals surface area contributed by atoms with Gasteiger partial charge in [-0.25, -0.2) is 9.07 Å². The van der Waals surface area contributed by atoms with Crippen LogP contribution < -0.4 is 5.32 Å². The third kappa shape index (κ3) is 3.35. The number of rotatable bonds is 4. The predicted molar refractivity (Wildman–Crippen MR) is 91.3 cm³/mol. The molecular weight excluding hydrogens is 375 g/mol. The number of para-hydroxylation sites is 1. The zero-order valence-corrected chi connectivity index (χ0v) is 14.4. The van der Waals surface area contributed by atoms with Gasteiger partial charge in [-0.15, -0.1) is 5.10 Å². The largest absolute Gasteiger partial charge is 0.344 e. The minimum Gasteiger partial charge on any atom is -0.344 e. The first-order valence-corrected chi connectivity index (χ1v) is 8.08. The molecule has 0 aliphatic carbocycles. The van der Waals surface area contributed by atoms with Crippen molar-refractivity contribution in [1.82, 2.24) is 20.3 Å². The Balaban J connectivity index is 1.77. The van der Waals surface area contributed by atoms with Gasteiger partial charge in [0.05, 0.1) is 17.9 Å². The topological polar surface area (TPSA) is 59.8 Å². The van der Waals surface area contributed by atoms with Gasteiger partial charge in [-0.05, 0) is 41.1 Å². The lowest BCUT2D eigenvalue weighted by molar-refractivity contribution is 0.0934. The Kier molecular flexibility index (Phi) is 4.71. The number of amides is 1. The summed E-state index contributed by atoms with van der Waals surface area (Å²) < 4.78 is 16.1. The predicted octanol–water partition coefficient (Wildman–Crippen LogP) is 3.66. The number of carbonyl (C=O) groups excluding carboxylic acids is 1. The highest BCUT2D eigenvalue weighted by atomic mass is 79.9. The number of carbonyl (C=O) groups is 1. The van der Waals surface area contributed by atoms with E-state index in [0.29, 0.717) is 5.56 Å². The molecule has 1 N–H and O–H groups in total. The van der Waals surface area contributed by atoms with E-state index in [1.165, 1.54) is 16.9 Å². The van der Waals surface area contributed by atoms with Gasteiger partial charge in [-0.3, -0.25) is 4.79 Å². The molecule has 1 atom stereocenters. The molecule has 1 heterocycles. The Morgan fingerprint density at radius 3 is 2.67 bits per heavy atom. The van der Waals surface area contributed by atoms with Crippen molar-refractivity contribution in [1.29, 1.82) is 0 Å². The number of hydrogen-bond donors (Lipinski definition) is 1. The zero-order chi connectivity index (χ0) is 17.1. The SMILES string of the molecule is C[C@@H](NC(=O)c1cn(-c2ccccc2Br)nn1)c1ccccc1F. The van der Waals surface area contributed by atoms with Crippen LogP contribution >= 0.6 is 15.9 Å². The summed E-state index contributed by atoms with van der Waals surface area (Å²) in [5.41, 5.74) is 1.35. The summed E-state index contributed by atoms with van der Waals surface area (Å²) in [4.78, 5) is 12.3. The fourth-order valence-electron chi connectivity index (χ4n) is 2.30. The maximum absolute atomic E-state index is 13.8. The third-order valence-corrected chi connectivity index (χ3v) is 4.22. The molecule has 0 bridgehead atoms. The number of nitrogens with one attached hydrogen (secondary N) is 1. The Bertz CT molecular complexity index is 880. The number of nitrogens with zero attached hydrogens (tertiary/aromatic N) is 3. The van der Waals surface area contributed by atoms with Gasteiger partial charge in [0.15, 0.2) is 5.69 Å². The van der Waals surface area contributed by atoms with Gasteiger partial charge in [-0.2, -0.15) is 0 Å². The van der Waals surface area contributed by atoms with Gasteiger partial charge in [0, 0.05) is 10.0 Å². The molecule has 0 aliphatic heterocycles. The van der Waals surface area contributed by atoms with Crippen molar-refractivity contribution in [3.8, 4) is 5.69 Å². The number of benzene rings is 2. The van der Waals surface area contributed by atoms with Crippen LogP contribution in [0.1, 0.15) is 29.0 Å². The molecule has 0 aliphatic rings. The van der Waals surface area contributed by atoms with E-state index in [4.69, 9.17) is 0 Å². The van der Waals surface area contributed by atoms with Crippen molar-refractivity contribution < 1.29 is 9.18 Å². The number of halogens is 2. The molecule has 122 valence electrons. The van der Waals surface area contributed by atoms with Crippen LogP contribution in [-0.4, -0.2) is 20.9 Å². The Hall–Kier alpha value is -2.54. The number of hydrogen-bond acceptors (Lipinski definition) is 3. The second-order valence-corrected chi connectivity index (χ2v) is 6.07. The van der Waals surface area contributed by atoms with E-state index in [1.54, 1.807) is 25.1 Å². The maximum atomic E-state index is 13.8. The van der Waals surface area contributed by atoms with Crippen molar-refractivity contribution in [2.24, 2.45) is 0 Å². The Morgan fingerprint density at radius 1 is 1.21 bits per heavy atom. The van der Waals surface area contributed by atoms with Crippen LogP contribution in [0.15, 0.2) is 59.2 Å². The Morgan fingerprint density at radius 2 is 1.92 bits per heavy atom. The van der Waals surface area contributed by atoms with Crippen LogP contribution in [0.25, 0.3) is 5.69 Å². The molecule has 0 fully saturated rings. The van der Waals surface area contributed by atoms with Crippen molar-refractivity contribution in [2.45, 2.75) is 13.0 Å². The quantitative estimate of drug-likeness (QED) is 0.741.